The molecule has 2 aliphatic heterocycles. The van der Waals surface area contributed by atoms with Crippen molar-refractivity contribution in [1.82, 2.24) is 4.90 Å². The predicted octanol–water partition coefficient (Wildman–Crippen LogP) is 2.71. The fourth-order valence-corrected chi connectivity index (χ4v) is 3.39. The second-order valence-electron chi connectivity index (χ2n) is 6.27. The van der Waals surface area contributed by atoms with Crippen molar-refractivity contribution in [3.63, 3.8) is 0 Å². The second-order valence-corrected chi connectivity index (χ2v) is 6.27. The van der Waals surface area contributed by atoms with Crippen molar-refractivity contribution in [2.45, 2.75) is 18.9 Å². The van der Waals surface area contributed by atoms with Gasteiger partial charge in [0, 0.05) is 19.2 Å². The van der Waals surface area contributed by atoms with Gasteiger partial charge >= 0.3 is 6.03 Å². The molecular weight excluding hydrogens is 318 g/mol. The summed E-state index contributed by atoms with van der Waals surface area (Å²) in [5, 5.41) is 2.81. The predicted molar refractivity (Wildman–Crippen MR) is 93.2 cm³/mol. The molecular formula is C19H17N3O3. The maximum atomic E-state index is 12.9. The number of likely N-dealkylation sites (N-methyl/N-ethyl adjacent to an activating group) is 1. The lowest BCUT2D eigenvalue weighted by Gasteiger charge is -2.20. The molecule has 2 heterocycles. The number of hydrogen-bond donors (Lipinski definition) is 1. The van der Waals surface area contributed by atoms with E-state index < -0.39 is 6.04 Å². The van der Waals surface area contributed by atoms with Crippen LogP contribution in [-0.4, -0.2) is 29.8 Å². The average molecular weight is 335 g/mol. The maximum Gasteiger partial charge on any atom is 0.332 e. The van der Waals surface area contributed by atoms with Crippen LogP contribution in [0.25, 0.3) is 0 Å². The first-order chi connectivity index (χ1) is 12.1. The Balaban J connectivity index is 1.71. The van der Waals surface area contributed by atoms with Crippen molar-refractivity contribution in [1.29, 1.82) is 0 Å². The van der Waals surface area contributed by atoms with E-state index in [1.807, 2.05) is 36.4 Å². The van der Waals surface area contributed by atoms with Gasteiger partial charge in [0.25, 0.3) is 5.91 Å². The largest absolute Gasteiger partial charge is 0.332 e. The van der Waals surface area contributed by atoms with Crippen LogP contribution in [0.2, 0.25) is 0 Å². The molecule has 6 heteroatoms. The minimum Gasteiger partial charge on any atom is -0.326 e. The first-order valence-corrected chi connectivity index (χ1v) is 8.15. The first kappa shape index (κ1) is 15.4. The SMILES string of the molecule is CN1C(=O)N(c2ccc3c(c2)NC(=O)CC3)C(=O)C1c1ccccc1. The van der Waals surface area contributed by atoms with Crippen molar-refractivity contribution in [2.24, 2.45) is 0 Å². The molecule has 1 N–H and O–H groups in total. The first-order valence-electron chi connectivity index (χ1n) is 8.15. The molecule has 126 valence electrons. The topological polar surface area (TPSA) is 69.7 Å². The number of nitrogens with zero attached hydrogens (tertiary/aromatic N) is 2. The maximum absolute atomic E-state index is 12.9. The van der Waals surface area contributed by atoms with Crippen LogP contribution in [0.1, 0.15) is 23.6 Å². The number of aryl methyl sites for hydroxylation is 1. The number of carbonyl (C=O) groups is 3. The third-order valence-electron chi connectivity index (χ3n) is 4.70. The Morgan fingerprint density at radius 2 is 1.76 bits per heavy atom. The Labute approximate surface area is 145 Å². The third kappa shape index (κ3) is 2.46. The van der Waals surface area contributed by atoms with Crippen molar-refractivity contribution in [3.8, 4) is 0 Å². The molecule has 0 aromatic heterocycles. The molecule has 25 heavy (non-hydrogen) atoms. The van der Waals surface area contributed by atoms with Gasteiger partial charge in [0.1, 0.15) is 6.04 Å². The zero-order chi connectivity index (χ0) is 17.6. The zero-order valence-electron chi connectivity index (χ0n) is 13.7. The fraction of sp³-hybridized carbons (Fsp3) is 0.211. The Hall–Kier alpha value is -3.15. The standard InChI is InChI=1S/C19H17N3O3/c1-21-17(13-5-3-2-4-6-13)18(24)22(19(21)25)14-9-7-12-8-10-16(23)20-15(12)11-14/h2-7,9,11,17H,8,10H2,1H3,(H,20,23). The monoisotopic (exact) mass is 335 g/mol. The lowest BCUT2D eigenvalue weighted by molar-refractivity contribution is -0.119. The lowest BCUT2D eigenvalue weighted by atomic mass is 10.0. The molecule has 0 bridgehead atoms. The lowest BCUT2D eigenvalue weighted by Crippen LogP contribution is -2.31. The number of nitrogens with one attached hydrogen (secondary N) is 1. The van der Waals surface area contributed by atoms with E-state index >= 15 is 0 Å². The zero-order valence-corrected chi connectivity index (χ0v) is 13.7. The highest BCUT2D eigenvalue weighted by Crippen LogP contribution is 2.35. The highest BCUT2D eigenvalue weighted by atomic mass is 16.2. The molecule has 4 amide bonds. The molecule has 0 saturated carbocycles. The van der Waals surface area contributed by atoms with Gasteiger partial charge in [-0.05, 0) is 29.7 Å². The van der Waals surface area contributed by atoms with Crippen LogP contribution in [0.3, 0.4) is 0 Å². The minimum atomic E-state index is -0.640. The highest BCUT2D eigenvalue weighted by molar-refractivity contribution is 6.21. The molecule has 0 spiro atoms. The average Bonchev–Trinajstić information content (AvgIpc) is 2.84. The van der Waals surface area contributed by atoms with Crippen molar-refractivity contribution >= 4 is 29.2 Å². The summed E-state index contributed by atoms with van der Waals surface area (Å²) >= 11 is 0. The Morgan fingerprint density at radius 3 is 2.52 bits per heavy atom. The highest BCUT2D eigenvalue weighted by Gasteiger charge is 2.44. The summed E-state index contributed by atoms with van der Waals surface area (Å²) in [5.41, 5.74) is 2.92. The van der Waals surface area contributed by atoms with Crippen LogP contribution in [0.5, 0.6) is 0 Å². The Morgan fingerprint density at radius 1 is 1.00 bits per heavy atom. The number of urea groups is 1. The van der Waals surface area contributed by atoms with Gasteiger partial charge in [-0.3, -0.25) is 9.59 Å². The van der Waals surface area contributed by atoms with E-state index in [1.165, 1.54) is 9.80 Å². The van der Waals surface area contributed by atoms with E-state index in [0.29, 0.717) is 24.2 Å². The van der Waals surface area contributed by atoms with Crippen LogP contribution in [0.15, 0.2) is 48.5 Å². The summed E-state index contributed by atoms with van der Waals surface area (Å²) in [5.74, 6) is -0.344. The van der Waals surface area contributed by atoms with Crippen LogP contribution in [0.4, 0.5) is 16.2 Å². The number of anilines is 2. The van der Waals surface area contributed by atoms with Crippen molar-refractivity contribution in [3.05, 3.63) is 59.7 Å². The van der Waals surface area contributed by atoms with Gasteiger partial charge in [0.2, 0.25) is 5.91 Å². The number of amides is 4. The Kier molecular flexibility index (Phi) is 3.53. The number of imide groups is 1. The van der Waals surface area contributed by atoms with Crippen molar-refractivity contribution < 1.29 is 14.4 Å². The van der Waals surface area contributed by atoms with Crippen LogP contribution in [-0.2, 0) is 16.0 Å². The molecule has 1 fully saturated rings. The van der Waals surface area contributed by atoms with E-state index in [0.717, 1.165) is 11.1 Å². The molecule has 6 nitrogen and oxygen atoms in total. The molecule has 2 aromatic rings. The van der Waals surface area contributed by atoms with Crippen LogP contribution < -0.4 is 10.2 Å². The van der Waals surface area contributed by atoms with E-state index in [9.17, 15) is 14.4 Å². The van der Waals surface area contributed by atoms with Gasteiger partial charge in [-0.1, -0.05) is 36.4 Å². The fourth-order valence-electron chi connectivity index (χ4n) is 3.39. The van der Waals surface area contributed by atoms with Gasteiger partial charge in [-0.2, -0.15) is 0 Å². The van der Waals surface area contributed by atoms with Gasteiger partial charge in [0.15, 0.2) is 0 Å². The molecule has 2 aliphatic rings. The summed E-state index contributed by atoms with van der Waals surface area (Å²) in [6.45, 7) is 0. The summed E-state index contributed by atoms with van der Waals surface area (Å²) in [6.07, 6.45) is 1.11. The van der Waals surface area contributed by atoms with E-state index in [1.54, 1.807) is 19.2 Å². The number of hydrogen-bond acceptors (Lipinski definition) is 3. The minimum absolute atomic E-state index is 0.0528. The molecule has 4 rings (SSSR count). The second kappa shape index (κ2) is 5.73. The molecule has 1 unspecified atom stereocenters. The summed E-state index contributed by atoms with van der Waals surface area (Å²) < 4.78 is 0. The van der Waals surface area contributed by atoms with Gasteiger partial charge in [-0.15, -0.1) is 0 Å². The van der Waals surface area contributed by atoms with Crippen LogP contribution in [0, 0.1) is 0 Å². The normalized spacial score (nSPS) is 19.9. The molecule has 1 atom stereocenters. The number of carbonyl (C=O) groups excluding carboxylic acids is 3. The Bertz CT molecular complexity index is 879. The molecule has 1 saturated heterocycles. The quantitative estimate of drug-likeness (QED) is 0.858. The summed E-state index contributed by atoms with van der Waals surface area (Å²) in [4.78, 5) is 39.8. The third-order valence-corrected chi connectivity index (χ3v) is 4.70. The molecule has 0 radical (unpaired) electrons. The van der Waals surface area contributed by atoms with E-state index in [4.69, 9.17) is 0 Å². The molecule has 2 aromatic carbocycles. The molecule has 0 aliphatic carbocycles. The van der Waals surface area contributed by atoms with Gasteiger partial charge in [0.05, 0.1) is 5.69 Å². The van der Waals surface area contributed by atoms with Crippen molar-refractivity contribution in [2.75, 3.05) is 17.3 Å². The van der Waals surface area contributed by atoms with E-state index in [-0.39, 0.29) is 17.8 Å². The number of rotatable bonds is 2. The summed E-state index contributed by atoms with van der Waals surface area (Å²) in [7, 11) is 1.62. The number of benzene rings is 2. The smallest absolute Gasteiger partial charge is 0.326 e. The van der Waals surface area contributed by atoms with Gasteiger partial charge < -0.3 is 10.2 Å². The van der Waals surface area contributed by atoms with E-state index in [2.05, 4.69) is 5.32 Å². The van der Waals surface area contributed by atoms with Crippen LogP contribution >= 0.6 is 0 Å². The van der Waals surface area contributed by atoms with Gasteiger partial charge in [-0.25, -0.2) is 9.69 Å². The summed E-state index contributed by atoms with van der Waals surface area (Å²) in [6, 6.07) is 13.5. The number of fused-ring (bicyclic) bond motifs is 1.